The van der Waals surface area contributed by atoms with Gasteiger partial charge in [-0.25, -0.2) is 4.98 Å². The molecule has 6 heteroatoms. The molecule has 0 aliphatic carbocycles. The van der Waals surface area contributed by atoms with Crippen molar-refractivity contribution in [1.82, 2.24) is 10.3 Å². The number of allylic oxidation sites excluding steroid dienone is 1. The Bertz CT molecular complexity index is 1200. The van der Waals surface area contributed by atoms with Gasteiger partial charge in [0.1, 0.15) is 11.6 Å². The quantitative estimate of drug-likeness (QED) is 0.463. The molecule has 1 amide bonds. The van der Waals surface area contributed by atoms with E-state index in [-0.39, 0.29) is 17.2 Å². The molecule has 0 atom stereocenters. The molecule has 0 saturated carbocycles. The first-order valence-corrected chi connectivity index (χ1v) is 10.4. The molecule has 3 aromatic rings. The standard InChI is InChI=1S/C26H25N3O3/c1-26(2)16-19-10-11-20(32-3)14-21(19)22(29-26)15-23(30)17-7-6-8-18(13-17)25(31)28-24-9-4-5-12-27-24/h4-15,29H,16H2,1-3H3,(H,27,28,31)/b22-15-. The number of amides is 1. The van der Waals surface area contributed by atoms with Crippen LogP contribution in [-0.2, 0) is 6.42 Å². The summed E-state index contributed by atoms with van der Waals surface area (Å²) in [5.41, 5.74) is 3.46. The lowest BCUT2D eigenvalue weighted by atomic mass is 9.85. The molecule has 0 unspecified atom stereocenters. The third kappa shape index (κ3) is 4.70. The summed E-state index contributed by atoms with van der Waals surface area (Å²) < 4.78 is 5.37. The highest BCUT2D eigenvalue weighted by Crippen LogP contribution is 2.32. The van der Waals surface area contributed by atoms with Gasteiger partial charge in [-0.1, -0.05) is 24.3 Å². The largest absolute Gasteiger partial charge is 0.497 e. The van der Waals surface area contributed by atoms with Crippen molar-refractivity contribution in [3.63, 3.8) is 0 Å². The number of hydrogen-bond acceptors (Lipinski definition) is 5. The Labute approximate surface area is 187 Å². The lowest BCUT2D eigenvalue weighted by molar-refractivity contribution is 0.102. The van der Waals surface area contributed by atoms with E-state index in [0.29, 0.717) is 16.9 Å². The molecule has 0 fully saturated rings. The zero-order valence-electron chi connectivity index (χ0n) is 18.3. The molecule has 1 aromatic heterocycles. The second-order valence-electron chi connectivity index (χ2n) is 8.38. The maximum atomic E-state index is 13.1. The minimum Gasteiger partial charge on any atom is -0.497 e. The average molecular weight is 428 g/mol. The molecule has 0 spiro atoms. The van der Waals surface area contributed by atoms with E-state index in [0.717, 1.165) is 29.0 Å². The normalized spacial score (nSPS) is 15.4. The van der Waals surface area contributed by atoms with E-state index in [1.54, 1.807) is 61.8 Å². The smallest absolute Gasteiger partial charge is 0.256 e. The molecule has 162 valence electrons. The summed E-state index contributed by atoms with van der Waals surface area (Å²) in [6, 6.07) is 17.9. The van der Waals surface area contributed by atoms with Crippen LogP contribution in [0, 0.1) is 0 Å². The summed E-state index contributed by atoms with van der Waals surface area (Å²) in [4.78, 5) is 29.8. The molecule has 2 N–H and O–H groups in total. The summed E-state index contributed by atoms with van der Waals surface area (Å²) in [6.45, 7) is 4.20. The van der Waals surface area contributed by atoms with Crippen molar-refractivity contribution in [3.8, 4) is 5.75 Å². The van der Waals surface area contributed by atoms with Crippen molar-refractivity contribution in [3.05, 3.63) is 95.2 Å². The van der Waals surface area contributed by atoms with Gasteiger partial charge in [0.2, 0.25) is 0 Å². The Kier molecular flexibility index (Phi) is 5.77. The van der Waals surface area contributed by atoms with E-state index in [2.05, 4.69) is 29.5 Å². The van der Waals surface area contributed by atoms with Gasteiger partial charge in [-0.3, -0.25) is 9.59 Å². The number of pyridine rings is 1. The number of fused-ring (bicyclic) bond motifs is 1. The Morgan fingerprint density at radius 1 is 1.06 bits per heavy atom. The second kappa shape index (κ2) is 8.67. The van der Waals surface area contributed by atoms with Crippen LogP contribution in [0.1, 0.15) is 45.7 Å². The number of ether oxygens (including phenoxy) is 1. The van der Waals surface area contributed by atoms with Crippen LogP contribution < -0.4 is 15.4 Å². The third-order valence-electron chi connectivity index (χ3n) is 5.30. The Morgan fingerprint density at radius 3 is 2.62 bits per heavy atom. The maximum absolute atomic E-state index is 13.1. The summed E-state index contributed by atoms with van der Waals surface area (Å²) >= 11 is 0. The monoisotopic (exact) mass is 427 g/mol. The molecular formula is C26H25N3O3. The second-order valence-corrected chi connectivity index (χ2v) is 8.38. The fraction of sp³-hybridized carbons (Fsp3) is 0.192. The first-order valence-electron chi connectivity index (χ1n) is 10.4. The molecule has 2 heterocycles. The Morgan fingerprint density at radius 2 is 1.88 bits per heavy atom. The van der Waals surface area contributed by atoms with Crippen LogP contribution in [0.4, 0.5) is 5.82 Å². The summed E-state index contributed by atoms with van der Waals surface area (Å²) in [5, 5.41) is 6.21. The van der Waals surface area contributed by atoms with Crippen LogP contribution in [0.25, 0.3) is 5.70 Å². The van der Waals surface area contributed by atoms with Crippen molar-refractivity contribution in [2.45, 2.75) is 25.8 Å². The van der Waals surface area contributed by atoms with Gasteiger partial charge < -0.3 is 15.4 Å². The van der Waals surface area contributed by atoms with Gasteiger partial charge in [-0.15, -0.1) is 0 Å². The molecule has 1 aliphatic rings. The van der Waals surface area contributed by atoms with Crippen LogP contribution in [0.15, 0.2) is 72.9 Å². The summed E-state index contributed by atoms with van der Waals surface area (Å²) in [7, 11) is 1.62. The molecule has 2 aromatic carbocycles. The van der Waals surface area contributed by atoms with Crippen LogP contribution >= 0.6 is 0 Å². The fourth-order valence-corrected chi connectivity index (χ4v) is 3.81. The minimum atomic E-state index is -0.321. The molecule has 1 aliphatic heterocycles. The molecule has 32 heavy (non-hydrogen) atoms. The predicted octanol–water partition coefficient (Wildman–Crippen LogP) is 4.49. The number of methoxy groups -OCH3 is 1. The first kappa shape index (κ1) is 21.3. The lowest BCUT2D eigenvalue weighted by Crippen LogP contribution is -2.43. The number of rotatable bonds is 5. The van der Waals surface area contributed by atoms with Gasteiger partial charge in [0, 0.05) is 40.2 Å². The van der Waals surface area contributed by atoms with E-state index in [1.807, 2.05) is 18.2 Å². The number of nitrogens with zero attached hydrogens (tertiary/aromatic N) is 1. The van der Waals surface area contributed by atoms with E-state index in [9.17, 15) is 9.59 Å². The molecule has 6 nitrogen and oxygen atoms in total. The minimum absolute atomic E-state index is 0.188. The number of nitrogens with one attached hydrogen (secondary N) is 2. The van der Waals surface area contributed by atoms with Crippen molar-refractivity contribution < 1.29 is 14.3 Å². The maximum Gasteiger partial charge on any atom is 0.256 e. The predicted molar refractivity (Wildman–Crippen MR) is 125 cm³/mol. The third-order valence-corrected chi connectivity index (χ3v) is 5.30. The van der Waals surface area contributed by atoms with Gasteiger partial charge in [0.25, 0.3) is 5.91 Å². The number of benzene rings is 2. The number of carbonyl (C=O) groups excluding carboxylic acids is 2. The SMILES string of the molecule is COc1ccc2c(c1)/C(=C/C(=O)c1cccc(C(=O)Nc3ccccn3)c1)NC(C)(C)C2. The Balaban J connectivity index is 1.63. The van der Waals surface area contributed by atoms with Gasteiger partial charge in [-0.05, 0) is 62.2 Å². The summed E-state index contributed by atoms with van der Waals surface area (Å²) in [6.07, 6.45) is 4.03. The molecular weight excluding hydrogens is 402 g/mol. The van der Waals surface area contributed by atoms with Gasteiger partial charge in [0.15, 0.2) is 5.78 Å². The summed E-state index contributed by atoms with van der Waals surface area (Å²) in [5.74, 6) is 0.678. The zero-order chi connectivity index (χ0) is 22.7. The number of ketones is 1. The highest BCUT2D eigenvalue weighted by molar-refractivity contribution is 6.11. The van der Waals surface area contributed by atoms with Crippen molar-refractivity contribution in [1.29, 1.82) is 0 Å². The topological polar surface area (TPSA) is 80.3 Å². The van der Waals surface area contributed by atoms with E-state index in [4.69, 9.17) is 4.74 Å². The van der Waals surface area contributed by atoms with Crippen LogP contribution in [0.5, 0.6) is 5.75 Å². The lowest BCUT2D eigenvalue weighted by Gasteiger charge is -2.35. The number of hydrogen-bond donors (Lipinski definition) is 2. The van der Waals surface area contributed by atoms with Gasteiger partial charge in [0.05, 0.1) is 7.11 Å². The fourth-order valence-electron chi connectivity index (χ4n) is 3.81. The average Bonchev–Trinajstić information content (AvgIpc) is 2.79. The van der Waals surface area contributed by atoms with E-state index in [1.165, 1.54) is 0 Å². The molecule has 0 radical (unpaired) electrons. The first-order chi connectivity index (χ1) is 15.3. The number of carbonyl (C=O) groups is 2. The van der Waals surface area contributed by atoms with Crippen LogP contribution in [0.3, 0.4) is 0 Å². The number of anilines is 1. The Hall–Kier alpha value is -3.93. The highest BCUT2D eigenvalue weighted by atomic mass is 16.5. The molecule has 4 rings (SSSR count). The van der Waals surface area contributed by atoms with Crippen molar-refractivity contribution in [2.24, 2.45) is 0 Å². The van der Waals surface area contributed by atoms with Gasteiger partial charge >= 0.3 is 0 Å². The van der Waals surface area contributed by atoms with Crippen LogP contribution in [-0.4, -0.2) is 29.3 Å². The van der Waals surface area contributed by atoms with Crippen molar-refractivity contribution >= 4 is 23.2 Å². The highest BCUT2D eigenvalue weighted by Gasteiger charge is 2.28. The number of aromatic nitrogens is 1. The van der Waals surface area contributed by atoms with Crippen molar-refractivity contribution in [2.75, 3.05) is 12.4 Å². The zero-order valence-corrected chi connectivity index (χ0v) is 18.3. The van der Waals surface area contributed by atoms with E-state index >= 15 is 0 Å². The molecule has 0 bridgehead atoms. The van der Waals surface area contributed by atoms with Gasteiger partial charge in [-0.2, -0.15) is 0 Å². The van der Waals surface area contributed by atoms with Crippen LogP contribution in [0.2, 0.25) is 0 Å². The van der Waals surface area contributed by atoms with E-state index < -0.39 is 0 Å². The molecule has 0 saturated heterocycles.